The smallest absolute Gasteiger partial charge is 0.146 e. The molecule has 2 aromatic rings. The number of hydrogen-bond acceptors (Lipinski definition) is 2. The van der Waals surface area contributed by atoms with E-state index in [4.69, 9.17) is 21.6 Å². The molecule has 0 aliphatic rings. The van der Waals surface area contributed by atoms with E-state index in [-0.39, 0.29) is 5.82 Å². The van der Waals surface area contributed by atoms with Gasteiger partial charge in [0.25, 0.3) is 0 Å². The summed E-state index contributed by atoms with van der Waals surface area (Å²) >= 11 is 5.98. The van der Waals surface area contributed by atoms with Crippen LogP contribution in [-0.2, 0) is 0 Å². The Hall–Kier alpha value is -2.05. The fourth-order valence-electron chi connectivity index (χ4n) is 1.39. The van der Waals surface area contributed by atoms with Gasteiger partial charge in [-0.05, 0) is 42.0 Å². The summed E-state index contributed by atoms with van der Waals surface area (Å²) < 4.78 is 18.3. The highest BCUT2D eigenvalue weighted by Crippen LogP contribution is 2.30. The lowest BCUT2D eigenvalue weighted by molar-refractivity contribution is 0.480. The summed E-state index contributed by atoms with van der Waals surface area (Å²) in [6.07, 6.45) is 1.38. The molecule has 0 saturated carbocycles. The predicted molar refractivity (Wildman–Crippen MR) is 66.9 cm³/mol. The van der Waals surface area contributed by atoms with Gasteiger partial charge >= 0.3 is 0 Å². The van der Waals surface area contributed by atoms with E-state index in [2.05, 4.69) is 0 Å². The van der Waals surface area contributed by atoms with Crippen LogP contribution >= 0.6 is 11.6 Å². The molecule has 0 amide bonds. The van der Waals surface area contributed by atoms with E-state index >= 15 is 0 Å². The molecule has 0 N–H and O–H groups in total. The second kappa shape index (κ2) is 5.52. The van der Waals surface area contributed by atoms with Crippen LogP contribution in [0.2, 0.25) is 5.02 Å². The monoisotopic (exact) mass is 260 g/mol. The van der Waals surface area contributed by atoms with Gasteiger partial charge in [-0.25, -0.2) is 4.39 Å². The van der Waals surface area contributed by atoms with Crippen molar-refractivity contribution in [2.45, 2.75) is 0 Å². The van der Waals surface area contributed by atoms with Gasteiger partial charge in [0.1, 0.15) is 17.3 Å². The highest BCUT2D eigenvalue weighted by molar-refractivity contribution is 6.32. The normalized spacial score (nSPS) is 9.83. The van der Waals surface area contributed by atoms with Crippen LogP contribution in [0.4, 0.5) is 4.39 Å². The Balaban J connectivity index is 2.25. The van der Waals surface area contributed by atoms with Crippen molar-refractivity contribution < 1.29 is 9.13 Å². The van der Waals surface area contributed by atoms with Crippen molar-refractivity contribution in [3.8, 4) is 17.6 Å². The average molecular weight is 261 g/mol. The van der Waals surface area contributed by atoms with E-state index in [1.807, 2.05) is 6.07 Å². The van der Waals surface area contributed by atoms with Crippen LogP contribution in [-0.4, -0.2) is 0 Å². The number of ether oxygens (including phenoxy) is 1. The van der Waals surface area contributed by atoms with Crippen LogP contribution in [0.25, 0.3) is 0 Å². The molecule has 0 unspecified atom stereocenters. The van der Waals surface area contributed by atoms with Crippen molar-refractivity contribution in [1.82, 2.24) is 0 Å². The van der Waals surface area contributed by atoms with Gasteiger partial charge in [0.05, 0.1) is 17.5 Å². The number of nitriles is 1. The molecule has 18 heavy (non-hydrogen) atoms. The lowest BCUT2D eigenvalue weighted by Gasteiger charge is -2.08. The Morgan fingerprint density at radius 2 is 1.89 bits per heavy atom. The Labute approximate surface area is 109 Å². The third-order valence-electron chi connectivity index (χ3n) is 2.23. The summed E-state index contributed by atoms with van der Waals surface area (Å²) in [7, 11) is 0. The summed E-state index contributed by atoms with van der Waals surface area (Å²) in [5, 5.41) is 9.00. The van der Waals surface area contributed by atoms with Gasteiger partial charge in [-0.1, -0.05) is 17.7 Å². The quantitative estimate of drug-likeness (QED) is 0.822. The first-order valence-corrected chi connectivity index (χ1v) is 5.52. The van der Waals surface area contributed by atoms with Crippen LogP contribution in [0, 0.1) is 23.6 Å². The largest absolute Gasteiger partial charge is 0.456 e. The van der Waals surface area contributed by atoms with Crippen molar-refractivity contribution in [3.63, 3.8) is 0 Å². The van der Waals surface area contributed by atoms with Crippen molar-refractivity contribution >= 4 is 11.6 Å². The lowest BCUT2D eigenvalue weighted by Crippen LogP contribution is -1.88. The minimum atomic E-state index is -0.333. The molecule has 0 saturated heterocycles. The second-order valence-corrected chi connectivity index (χ2v) is 3.93. The number of nitrogens with zero attached hydrogens (tertiary/aromatic N) is 1. The zero-order valence-electron chi connectivity index (χ0n) is 9.23. The molecule has 89 valence electrons. The highest BCUT2D eigenvalue weighted by Gasteiger charge is 2.05. The number of hydrogen-bond donors (Lipinski definition) is 0. The van der Waals surface area contributed by atoms with Crippen molar-refractivity contribution in [2.24, 2.45) is 0 Å². The maximum Gasteiger partial charge on any atom is 0.146 e. The van der Waals surface area contributed by atoms with Crippen LogP contribution in [0.1, 0.15) is 5.56 Å². The Morgan fingerprint density at radius 3 is 2.56 bits per heavy atom. The lowest BCUT2D eigenvalue weighted by atomic mass is 10.1. The minimum absolute atomic E-state index is 0.333. The topological polar surface area (TPSA) is 33.0 Å². The van der Waals surface area contributed by atoms with Crippen molar-refractivity contribution in [2.75, 3.05) is 0 Å². The molecule has 0 heterocycles. The fraction of sp³-hybridized carbons (Fsp3) is 0. The van der Waals surface area contributed by atoms with E-state index in [0.717, 1.165) is 0 Å². The first-order valence-electron chi connectivity index (χ1n) is 5.15. The first kappa shape index (κ1) is 12.4. The fourth-order valence-corrected chi connectivity index (χ4v) is 1.55. The summed E-state index contributed by atoms with van der Waals surface area (Å²) in [5.41, 5.74) is 0.694. The third kappa shape index (κ3) is 2.99. The molecule has 0 fully saturated rings. The van der Waals surface area contributed by atoms with Crippen molar-refractivity contribution in [3.05, 3.63) is 65.3 Å². The van der Waals surface area contributed by atoms with E-state index in [1.165, 1.54) is 30.7 Å². The number of benzene rings is 2. The molecule has 4 heteroatoms. The van der Waals surface area contributed by atoms with Crippen LogP contribution in [0.15, 0.2) is 42.5 Å². The molecule has 2 rings (SSSR count). The molecule has 0 spiro atoms. The van der Waals surface area contributed by atoms with Gasteiger partial charge in [0, 0.05) is 0 Å². The van der Waals surface area contributed by atoms with E-state index < -0.39 is 0 Å². The van der Waals surface area contributed by atoms with E-state index in [1.54, 1.807) is 18.2 Å². The first-order chi connectivity index (χ1) is 8.69. The number of halogens is 2. The van der Waals surface area contributed by atoms with Crippen LogP contribution in [0.5, 0.6) is 11.5 Å². The minimum Gasteiger partial charge on any atom is -0.456 e. The Morgan fingerprint density at radius 1 is 1.17 bits per heavy atom. The number of rotatable bonds is 3. The van der Waals surface area contributed by atoms with Gasteiger partial charge in [-0.3, -0.25) is 0 Å². The molecule has 1 radical (unpaired) electrons. The van der Waals surface area contributed by atoms with E-state index in [9.17, 15) is 4.39 Å². The van der Waals surface area contributed by atoms with Gasteiger partial charge in [0.15, 0.2) is 0 Å². The maximum atomic E-state index is 12.7. The predicted octanol–water partition coefficient (Wildman–Crippen LogP) is 4.35. The van der Waals surface area contributed by atoms with Crippen LogP contribution in [0.3, 0.4) is 0 Å². The molecule has 0 bridgehead atoms. The second-order valence-electron chi connectivity index (χ2n) is 3.52. The zero-order valence-corrected chi connectivity index (χ0v) is 9.99. The molecule has 0 aromatic heterocycles. The summed E-state index contributed by atoms with van der Waals surface area (Å²) in [6, 6.07) is 12.5. The molecule has 2 aromatic carbocycles. The molecular formula is C14H8ClFNO. The Bertz CT molecular complexity index is 590. The van der Waals surface area contributed by atoms with Gasteiger partial charge < -0.3 is 4.74 Å². The summed E-state index contributed by atoms with van der Waals surface area (Å²) in [6.45, 7) is 0. The average Bonchev–Trinajstić information content (AvgIpc) is 2.36. The van der Waals surface area contributed by atoms with E-state index in [0.29, 0.717) is 22.1 Å². The van der Waals surface area contributed by atoms with Gasteiger partial charge in [-0.15, -0.1) is 0 Å². The standard InChI is InChI=1S/C14H8ClFNO/c15-13-6-1-10(7-8-17)9-14(13)18-12-4-2-11(16)3-5-12/h1-7,9H. The summed E-state index contributed by atoms with van der Waals surface area (Å²) in [4.78, 5) is 0. The molecule has 0 aliphatic heterocycles. The maximum absolute atomic E-state index is 12.7. The third-order valence-corrected chi connectivity index (χ3v) is 2.54. The summed E-state index contributed by atoms with van der Waals surface area (Å²) in [5.74, 6) is 0.569. The zero-order chi connectivity index (χ0) is 13.0. The van der Waals surface area contributed by atoms with Crippen molar-refractivity contribution in [1.29, 1.82) is 5.26 Å². The molecule has 2 nitrogen and oxygen atoms in total. The Kier molecular flexibility index (Phi) is 3.81. The molecule has 0 atom stereocenters. The molecule has 0 aliphatic carbocycles. The van der Waals surface area contributed by atoms with Gasteiger partial charge in [-0.2, -0.15) is 5.26 Å². The van der Waals surface area contributed by atoms with Gasteiger partial charge in [0.2, 0.25) is 0 Å². The SMILES string of the molecule is N#C[CH]c1ccc(Cl)c(Oc2ccc(F)cc2)c1. The molecular weight excluding hydrogens is 253 g/mol. The van der Waals surface area contributed by atoms with Crippen LogP contribution < -0.4 is 4.74 Å². The highest BCUT2D eigenvalue weighted by atomic mass is 35.5.